The van der Waals surface area contributed by atoms with Crippen molar-refractivity contribution in [1.82, 2.24) is 9.88 Å². The van der Waals surface area contributed by atoms with Crippen molar-refractivity contribution in [2.45, 2.75) is 51.6 Å². The smallest absolute Gasteiger partial charge is 0.306 e. The third-order valence-corrected chi connectivity index (χ3v) is 4.22. The first kappa shape index (κ1) is 22.2. The van der Waals surface area contributed by atoms with E-state index < -0.39 is 5.60 Å². The van der Waals surface area contributed by atoms with Crippen LogP contribution in [0.2, 0.25) is 0 Å². The fraction of sp³-hybridized carbons (Fsp3) is 0.647. The van der Waals surface area contributed by atoms with E-state index in [0.29, 0.717) is 6.42 Å². The third kappa shape index (κ3) is 5.94. The molecule has 0 amide bonds. The van der Waals surface area contributed by atoms with Gasteiger partial charge in [0.25, 0.3) is 0 Å². The molecule has 1 aliphatic heterocycles. The molecule has 0 aromatic carbocycles. The summed E-state index contributed by atoms with van der Waals surface area (Å²) in [6.45, 7) is 7.12. The topological polar surface area (TPSA) is 42.4 Å². The van der Waals surface area contributed by atoms with E-state index in [-0.39, 0.29) is 30.8 Å². The molecule has 132 valence electrons. The summed E-state index contributed by atoms with van der Waals surface area (Å²) in [5, 5.41) is 0. The maximum absolute atomic E-state index is 11.8. The van der Waals surface area contributed by atoms with Gasteiger partial charge in [-0.1, -0.05) is 26.3 Å². The van der Waals surface area contributed by atoms with Crippen LogP contribution in [0.1, 0.15) is 51.6 Å². The largest absolute Gasteiger partial charge is 0.452 e. The highest BCUT2D eigenvalue weighted by atomic mass is 35.5. The van der Waals surface area contributed by atoms with E-state index in [0.717, 1.165) is 38.2 Å². The van der Waals surface area contributed by atoms with Gasteiger partial charge in [-0.3, -0.25) is 9.78 Å². The summed E-state index contributed by atoms with van der Waals surface area (Å²) in [5.74, 6) is -0.136. The SMILES string of the molecule is CCCCN1CCC(OC(=O)CC)(c2ccccn2)CC1.Cl.Cl. The molecule has 1 aromatic rings. The highest BCUT2D eigenvalue weighted by Gasteiger charge is 2.40. The minimum atomic E-state index is -0.531. The molecule has 4 nitrogen and oxygen atoms in total. The van der Waals surface area contributed by atoms with Gasteiger partial charge < -0.3 is 9.64 Å². The van der Waals surface area contributed by atoms with Gasteiger partial charge in [-0.05, 0) is 25.1 Å². The van der Waals surface area contributed by atoms with Crippen molar-refractivity contribution in [2.75, 3.05) is 19.6 Å². The minimum absolute atomic E-state index is 0. The zero-order valence-electron chi connectivity index (χ0n) is 14.0. The first-order chi connectivity index (χ1) is 10.2. The molecule has 23 heavy (non-hydrogen) atoms. The molecule has 0 aliphatic carbocycles. The van der Waals surface area contributed by atoms with Crippen molar-refractivity contribution in [1.29, 1.82) is 0 Å². The molecule has 0 spiro atoms. The van der Waals surface area contributed by atoms with Gasteiger partial charge in [-0.15, -0.1) is 24.8 Å². The molecule has 2 heterocycles. The molecule has 0 N–H and O–H groups in total. The van der Waals surface area contributed by atoms with Crippen LogP contribution in [-0.2, 0) is 15.1 Å². The average molecular weight is 363 g/mol. The molecular weight excluding hydrogens is 335 g/mol. The zero-order valence-corrected chi connectivity index (χ0v) is 15.6. The van der Waals surface area contributed by atoms with Gasteiger partial charge in [-0.2, -0.15) is 0 Å². The Morgan fingerprint density at radius 1 is 1.26 bits per heavy atom. The van der Waals surface area contributed by atoms with Crippen LogP contribution in [0.25, 0.3) is 0 Å². The van der Waals surface area contributed by atoms with E-state index in [4.69, 9.17) is 4.74 Å². The molecule has 0 radical (unpaired) electrons. The number of unbranched alkanes of at least 4 members (excludes halogenated alkanes) is 1. The van der Waals surface area contributed by atoms with Crippen LogP contribution in [0.5, 0.6) is 0 Å². The standard InChI is InChI=1S/C17H26N2O2.2ClH/c1-3-5-12-19-13-9-17(10-14-19,21-16(20)4-2)15-8-6-7-11-18-15;;/h6-8,11H,3-5,9-10,12-14H2,1-2H3;2*1H. The summed E-state index contributed by atoms with van der Waals surface area (Å²) in [6.07, 6.45) is 6.30. The molecule has 1 aliphatic rings. The van der Waals surface area contributed by atoms with Crippen LogP contribution >= 0.6 is 24.8 Å². The zero-order chi connectivity index (χ0) is 15.1. The Kier molecular flexibility index (Phi) is 10.4. The number of nitrogens with zero attached hydrogens (tertiary/aromatic N) is 2. The van der Waals surface area contributed by atoms with E-state index in [1.807, 2.05) is 25.1 Å². The molecule has 1 saturated heterocycles. The molecule has 0 atom stereocenters. The number of carbonyl (C=O) groups is 1. The third-order valence-electron chi connectivity index (χ3n) is 4.22. The molecule has 1 aromatic heterocycles. The number of rotatable bonds is 6. The number of likely N-dealkylation sites (tertiary alicyclic amines) is 1. The van der Waals surface area contributed by atoms with Gasteiger partial charge in [0.15, 0.2) is 5.60 Å². The van der Waals surface area contributed by atoms with Gasteiger partial charge in [0.2, 0.25) is 0 Å². The second-order valence-electron chi connectivity index (χ2n) is 5.73. The normalized spacial score (nSPS) is 16.8. The number of halogens is 2. The molecule has 2 rings (SSSR count). The molecule has 0 unspecified atom stereocenters. The van der Waals surface area contributed by atoms with Crippen LogP contribution < -0.4 is 0 Å². The summed E-state index contributed by atoms with van der Waals surface area (Å²) in [5.41, 5.74) is 0.360. The fourth-order valence-electron chi connectivity index (χ4n) is 2.85. The maximum atomic E-state index is 11.8. The Morgan fingerprint density at radius 3 is 2.48 bits per heavy atom. The van der Waals surface area contributed by atoms with E-state index in [9.17, 15) is 4.79 Å². The van der Waals surface area contributed by atoms with E-state index in [1.54, 1.807) is 6.20 Å². The number of hydrogen-bond acceptors (Lipinski definition) is 4. The van der Waals surface area contributed by atoms with Crippen LogP contribution in [0, 0.1) is 0 Å². The summed E-state index contributed by atoms with van der Waals surface area (Å²) < 4.78 is 5.84. The van der Waals surface area contributed by atoms with Crippen LogP contribution in [0.4, 0.5) is 0 Å². The summed E-state index contributed by atoms with van der Waals surface area (Å²) >= 11 is 0. The Labute approximate surface area is 151 Å². The van der Waals surface area contributed by atoms with Crippen molar-refractivity contribution in [3.8, 4) is 0 Å². The molecule has 0 bridgehead atoms. The Hall–Kier alpha value is -0.840. The number of esters is 1. The fourth-order valence-corrected chi connectivity index (χ4v) is 2.85. The maximum Gasteiger partial charge on any atom is 0.306 e. The lowest BCUT2D eigenvalue weighted by atomic mass is 9.87. The molecule has 0 saturated carbocycles. The molecule has 6 heteroatoms. The van der Waals surface area contributed by atoms with Crippen molar-refractivity contribution < 1.29 is 9.53 Å². The predicted molar refractivity (Wildman–Crippen MR) is 97.4 cm³/mol. The van der Waals surface area contributed by atoms with Gasteiger partial charge >= 0.3 is 5.97 Å². The highest BCUT2D eigenvalue weighted by molar-refractivity contribution is 5.85. The van der Waals surface area contributed by atoms with Crippen molar-refractivity contribution in [3.05, 3.63) is 30.1 Å². The number of aromatic nitrogens is 1. The van der Waals surface area contributed by atoms with Gasteiger partial charge in [0.05, 0.1) is 5.69 Å². The lowest BCUT2D eigenvalue weighted by Gasteiger charge is -2.40. The second kappa shape index (κ2) is 10.8. The van der Waals surface area contributed by atoms with Gasteiger partial charge in [0, 0.05) is 38.5 Å². The first-order valence-corrected chi connectivity index (χ1v) is 8.06. The number of carbonyl (C=O) groups excluding carboxylic acids is 1. The van der Waals surface area contributed by atoms with Crippen LogP contribution in [0.3, 0.4) is 0 Å². The summed E-state index contributed by atoms with van der Waals surface area (Å²) in [6, 6.07) is 5.84. The average Bonchev–Trinajstić information content (AvgIpc) is 2.55. The van der Waals surface area contributed by atoms with Crippen molar-refractivity contribution in [3.63, 3.8) is 0 Å². The Bertz CT molecular complexity index is 449. The number of pyridine rings is 1. The van der Waals surface area contributed by atoms with Gasteiger partial charge in [-0.25, -0.2) is 0 Å². The predicted octanol–water partition coefficient (Wildman–Crippen LogP) is 3.97. The van der Waals surface area contributed by atoms with Crippen LogP contribution in [0.15, 0.2) is 24.4 Å². The number of hydrogen-bond donors (Lipinski definition) is 0. The van der Waals surface area contributed by atoms with E-state index in [2.05, 4.69) is 16.8 Å². The minimum Gasteiger partial charge on any atom is -0.452 e. The number of piperidine rings is 1. The Morgan fingerprint density at radius 2 is 1.96 bits per heavy atom. The number of ether oxygens (including phenoxy) is 1. The first-order valence-electron chi connectivity index (χ1n) is 8.06. The highest BCUT2D eigenvalue weighted by Crippen LogP contribution is 2.36. The quantitative estimate of drug-likeness (QED) is 0.718. The van der Waals surface area contributed by atoms with Gasteiger partial charge in [0.1, 0.15) is 0 Å². The second-order valence-corrected chi connectivity index (χ2v) is 5.73. The van der Waals surface area contributed by atoms with E-state index in [1.165, 1.54) is 12.8 Å². The Balaban J connectivity index is 0.00000242. The monoisotopic (exact) mass is 362 g/mol. The van der Waals surface area contributed by atoms with Crippen molar-refractivity contribution in [2.24, 2.45) is 0 Å². The molecule has 1 fully saturated rings. The lowest BCUT2D eigenvalue weighted by molar-refractivity contribution is -0.167. The van der Waals surface area contributed by atoms with E-state index >= 15 is 0 Å². The van der Waals surface area contributed by atoms with Crippen molar-refractivity contribution >= 4 is 30.8 Å². The van der Waals surface area contributed by atoms with Crippen LogP contribution in [-0.4, -0.2) is 35.5 Å². The lowest BCUT2D eigenvalue weighted by Crippen LogP contribution is -2.45. The molecular formula is C17H28Cl2N2O2. The summed E-state index contributed by atoms with van der Waals surface area (Å²) in [4.78, 5) is 18.8. The summed E-state index contributed by atoms with van der Waals surface area (Å²) in [7, 11) is 0.